The maximum absolute atomic E-state index is 14.6. The van der Waals surface area contributed by atoms with Gasteiger partial charge in [-0.25, -0.2) is 27.0 Å². The van der Waals surface area contributed by atoms with Crippen molar-refractivity contribution in [3.63, 3.8) is 0 Å². The Bertz CT molecular complexity index is 1570. The molecular weight excluding hydrogens is 662 g/mol. The van der Waals surface area contributed by atoms with Gasteiger partial charge < -0.3 is 14.5 Å². The Balaban J connectivity index is 1.64. The molecule has 1 aromatic heterocycles. The van der Waals surface area contributed by atoms with Gasteiger partial charge in [0, 0.05) is 42.0 Å². The lowest BCUT2D eigenvalue weighted by atomic mass is 9.80. The topological polar surface area (TPSA) is 110 Å². The standard InChI is InChI=1S/C30H41ClF2N4O5S2Si/c1-30(2,3)45(6,7)42-16-15-37(44(5,39)40)19-10-8-18(9-11-19)25-22(29(38)41-4)26(20-12-13-21(32)24(33)23(20)31)36-27(35-25)28-34-14-17-43-28/h12-14,17-19,26H,8-11,15-16H2,1-7H3,(H,35,36)/t18-,19-,26?. The number of hydrogen-bond donors (Lipinski definition) is 1. The third kappa shape index (κ3) is 7.84. The molecule has 1 fully saturated rings. The molecule has 0 amide bonds. The van der Waals surface area contributed by atoms with Crippen molar-refractivity contribution in [2.75, 3.05) is 26.5 Å². The molecular formula is C30H41ClF2N4O5S2Si. The second-order valence-corrected chi connectivity index (χ2v) is 20.9. The average Bonchev–Trinajstić information content (AvgIpc) is 3.51. The largest absolute Gasteiger partial charge is 0.466 e. The van der Waals surface area contributed by atoms with E-state index in [0.29, 0.717) is 48.8 Å². The summed E-state index contributed by atoms with van der Waals surface area (Å²) in [4.78, 5) is 22.4. The highest BCUT2D eigenvalue weighted by Crippen LogP contribution is 2.42. The summed E-state index contributed by atoms with van der Waals surface area (Å²) in [6.07, 6.45) is 5.01. The summed E-state index contributed by atoms with van der Waals surface area (Å²) in [5, 5.41) is 5.14. The molecule has 248 valence electrons. The number of sulfonamides is 1. The molecule has 0 spiro atoms. The minimum Gasteiger partial charge on any atom is -0.466 e. The first kappa shape index (κ1) is 35.6. The van der Waals surface area contributed by atoms with E-state index in [1.165, 1.54) is 35.1 Å². The molecule has 2 heterocycles. The summed E-state index contributed by atoms with van der Waals surface area (Å²) in [6, 6.07) is 0.931. The van der Waals surface area contributed by atoms with Crippen molar-refractivity contribution in [2.45, 2.75) is 76.7 Å². The van der Waals surface area contributed by atoms with Crippen molar-refractivity contribution < 1.29 is 31.2 Å². The van der Waals surface area contributed by atoms with E-state index in [4.69, 9.17) is 25.8 Å². The maximum atomic E-state index is 14.6. The molecule has 1 aromatic carbocycles. The highest BCUT2D eigenvalue weighted by atomic mass is 35.5. The van der Waals surface area contributed by atoms with Crippen LogP contribution in [-0.2, 0) is 24.0 Å². The summed E-state index contributed by atoms with van der Waals surface area (Å²) in [6.45, 7) is 11.3. The lowest BCUT2D eigenvalue weighted by Gasteiger charge is -2.39. The Morgan fingerprint density at radius 1 is 1.20 bits per heavy atom. The number of aromatic nitrogens is 1. The van der Waals surface area contributed by atoms with Crippen molar-refractivity contribution in [1.29, 1.82) is 0 Å². The highest BCUT2D eigenvalue weighted by Gasteiger charge is 2.41. The molecule has 1 N–H and O–H groups in total. The van der Waals surface area contributed by atoms with Gasteiger partial charge in [0.2, 0.25) is 10.0 Å². The fourth-order valence-electron chi connectivity index (χ4n) is 5.53. The van der Waals surface area contributed by atoms with Crippen LogP contribution in [0.1, 0.15) is 63.1 Å². The molecule has 2 aromatic rings. The van der Waals surface area contributed by atoms with Crippen molar-refractivity contribution in [3.05, 3.63) is 62.2 Å². The zero-order valence-corrected chi connectivity index (χ0v) is 30.0. The number of ether oxygens (including phenoxy) is 1. The lowest BCUT2D eigenvalue weighted by Crippen LogP contribution is -2.47. The minimum atomic E-state index is -3.52. The van der Waals surface area contributed by atoms with E-state index in [9.17, 15) is 22.0 Å². The first-order chi connectivity index (χ1) is 21.0. The van der Waals surface area contributed by atoms with Crippen LogP contribution < -0.4 is 5.32 Å². The van der Waals surface area contributed by atoms with Crippen LogP contribution in [0.3, 0.4) is 0 Å². The van der Waals surface area contributed by atoms with Gasteiger partial charge in [-0.1, -0.05) is 38.4 Å². The number of rotatable bonds is 10. The SMILES string of the molecule is COC(=O)C1=C([C@H]2CC[C@H](N(CCO[Si](C)(C)C(C)(C)C)S(C)(=O)=O)CC2)NC(c2nccs2)=NC1c1ccc(F)c(F)c1Cl. The van der Waals surface area contributed by atoms with Crippen molar-refractivity contribution >= 4 is 53.1 Å². The number of allylic oxidation sites excluding steroid dienone is 1. The van der Waals surface area contributed by atoms with E-state index >= 15 is 0 Å². The molecule has 1 unspecified atom stereocenters. The zero-order valence-electron chi connectivity index (χ0n) is 26.6. The first-order valence-electron chi connectivity index (χ1n) is 14.8. The predicted octanol–water partition coefficient (Wildman–Crippen LogP) is 6.44. The third-order valence-electron chi connectivity index (χ3n) is 8.99. The molecule has 1 aliphatic heterocycles. The average molecular weight is 703 g/mol. The Labute approximate surface area is 274 Å². The minimum absolute atomic E-state index is 0.00159. The van der Waals surface area contributed by atoms with E-state index in [0.717, 1.165) is 6.07 Å². The number of amidine groups is 1. The van der Waals surface area contributed by atoms with E-state index < -0.39 is 47.0 Å². The van der Waals surface area contributed by atoms with Crippen LogP contribution in [0.2, 0.25) is 23.2 Å². The summed E-state index contributed by atoms with van der Waals surface area (Å²) < 4.78 is 67.5. The molecule has 1 saturated carbocycles. The van der Waals surface area contributed by atoms with Crippen LogP contribution in [0.5, 0.6) is 0 Å². The molecule has 1 aliphatic carbocycles. The second-order valence-electron chi connectivity index (χ2n) is 12.9. The van der Waals surface area contributed by atoms with Gasteiger partial charge in [-0.15, -0.1) is 11.3 Å². The van der Waals surface area contributed by atoms with Crippen LogP contribution in [-0.4, -0.2) is 70.4 Å². The number of carbonyl (C=O) groups excluding carboxylic acids is 1. The summed E-state index contributed by atoms with van der Waals surface area (Å²) in [7, 11) is -4.34. The molecule has 4 rings (SSSR count). The first-order valence-corrected chi connectivity index (χ1v) is 20.8. The van der Waals surface area contributed by atoms with Gasteiger partial charge in [-0.3, -0.25) is 4.99 Å². The molecule has 2 aliphatic rings. The van der Waals surface area contributed by atoms with Crippen LogP contribution in [0.15, 0.2) is 40.0 Å². The monoisotopic (exact) mass is 702 g/mol. The molecule has 1 atom stereocenters. The van der Waals surface area contributed by atoms with Gasteiger partial charge in [-0.05, 0) is 55.8 Å². The molecule has 45 heavy (non-hydrogen) atoms. The van der Waals surface area contributed by atoms with Crippen LogP contribution in [0.4, 0.5) is 8.78 Å². The van der Waals surface area contributed by atoms with E-state index in [1.807, 2.05) is 0 Å². The zero-order chi connectivity index (χ0) is 33.3. The van der Waals surface area contributed by atoms with Gasteiger partial charge in [0.25, 0.3) is 0 Å². The quantitative estimate of drug-likeness (QED) is 0.173. The number of methoxy groups -OCH3 is 1. The lowest BCUT2D eigenvalue weighted by molar-refractivity contribution is -0.136. The number of thiazole rings is 1. The number of aliphatic imine (C=N–C) groups is 1. The van der Waals surface area contributed by atoms with Gasteiger partial charge in [0.1, 0.15) is 6.04 Å². The van der Waals surface area contributed by atoms with Crippen LogP contribution >= 0.6 is 22.9 Å². The van der Waals surface area contributed by atoms with E-state index in [2.05, 4.69) is 44.2 Å². The summed E-state index contributed by atoms with van der Waals surface area (Å²) in [5.41, 5.74) is 0.776. The molecule has 9 nitrogen and oxygen atoms in total. The number of benzene rings is 1. The molecule has 0 saturated heterocycles. The highest BCUT2D eigenvalue weighted by molar-refractivity contribution is 7.88. The number of halogens is 3. The van der Waals surface area contributed by atoms with Crippen molar-refractivity contribution in [1.82, 2.24) is 14.6 Å². The van der Waals surface area contributed by atoms with Gasteiger partial charge >= 0.3 is 5.97 Å². The Kier molecular flexibility index (Phi) is 11.0. The van der Waals surface area contributed by atoms with E-state index in [1.54, 1.807) is 11.6 Å². The number of esters is 1. The Morgan fingerprint density at radius 2 is 1.87 bits per heavy atom. The summed E-state index contributed by atoms with van der Waals surface area (Å²) >= 11 is 7.61. The third-order valence-corrected chi connectivity index (χ3v) is 16.0. The second kappa shape index (κ2) is 13.9. The van der Waals surface area contributed by atoms with Crippen molar-refractivity contribution in [3.8, 4) is 0 Å². The number of carbonyl (C=O) groups is 1. The fourth-order valence-corrected chi connectivity index (χ4v) is 8.56. The number of nitrogens with zero attached hydrogens (tertiary/aromatic N) is 3. The normalized spacial score (nSPS) is 21.5. The fraction of sp³-hybridized carbons (Fsp3) is 0.567. The van der Waals surface area contributed by atoms with Crippen molar-refractivity contribution in [2.24, 2.45) is 10.9 Å². The Morgan fingerprint density at radius 3 is 2.42 bits per heavy atom. The smallest absolute Gasteiger partial charge is 0.338 e. The summed E-state index contributed by atoms with van der Waals surface area (Å²) in [5.74, 6) is -2.89. The van der Waals surface area contributed by atoms with Gasteiger partial charge in [0.15, 0.2) is 30.8 Å². The van der Waals surface area contributed by atoms with Gasteiger partial charge in [0.05, 0.1) is 24.0 Å². The maximum Gasteiger partial charge on any atom is 0.338 e. The van der Waals surface area contributed by atoms with Gasteiger partial charge in [-0.2, -0.15) is 4.31 Å². The van der Waals surface area contributed by atoms with E-state index in [-0.39, 0.29) is 34.7 Å². The molecule has 15 heteroatoms. The number of nitrogens with one attached hydrogen (secondary N) is 1. The Hall–Kier alpha value is -2.23. The van der Waals surface area contributed by atoms with Crippen LogP contribution in [0, 0.1) is 17.6 Å². The molecule has 0 radical (unpaired) electrons. The predicted molar refractivity (Wildman–Crippen MR) is 175 cm³/mol. The van der Waals surface area contributed by atoms with Crippen LogP contribution in [0.25, 0.3) is 0 Å². The number of hydrogen-bond acceptors (Lipinski definition) is 9. The molecule has 0 bridgehead atoms.